The lowest BCUT2D eigenvalue weighted by Crippen LogP contribution is -2.28. The minimum absolute atomic E-state index is 0.0554. The summed E-state index contributed by atoms with van der Waals surface area (Å²) in [5.41, 5.74) is 4.99. The van der Waals surface area contributed by atoms with Crippen LogP contribution < -0.4 is 5.73 Å². The highest BCUT2D eigenvalue weighted by Crippen LogP contribution is 2.26. The number of nitrogen functional groups attached to an aromatic ring is 1. The van der Waals surface area contributed by atoms with Crippen LogP contribution in [0.5, 0.6) is 0 Å². The third kappa shape index (κ3) is 3.42. The van der Waals surface area contributed by atoms with E-state index in [2.05, 4.69) is 0 Å². The summed E-state index contributed by atoms with van der Waals surface area (Å²) in [6.45, 7) is 2.32. The van der Waals surface area contributed by atoms with Crippen molar-refractivity contribution in [2.45, 2.75) is 24.7 Å². The van der Waals surface area contributed by atoms with Crippen LogP contribution in [0, 0.1) is 10.1 Å². The molecule has 8 heteroatoms. The zero-order chi connectivity index (χ0) is 14.6. The van der Waals surface area contributed by atoms with Crippen molar-refractivity contribution in [3.05, 3.63) is 28.3 Å². The van der Waals surface area contributed by atoms with Crippen LogP contribution >= 0.6 is 0 Å². The summed E-state index contributed by atoms with van der Waals surface area (Å²) in [5.74, 6) is 0. The number of hydrogen-bond donors (Lipinski definition) is 1. The van der Waals surface area contributed by atoms with Gasteiger partial charge in [-0.1, -0.05) is 13.3 Å². The van der Waals surface area contributed by atoms with Crippen molar-refractivity contribution in [2.75, 3.05) is 19.3 Å². The monoisotopic (exact) mass is 287 g/mol. The average molecular weight is 287 g/mol. The number of hydrogen-bond acceptors (Lipinski definition) is 5. The van der Waals surface area contributed by atoms with Crippen molar-refractivity contribution in [3.63, 3.8) is 0 Å². The molecule has 0 bridgehead atoms. The highest BCUT2D eigenvalue weighted by atomic mass is 32.2. The molecule has 0 aliphatic heterocycles. The smallest absolute Gasteiger partial charge is 0.293 e. The van der Waals surface area contributed by atoms with Crippen LogP contribution in [0.15, 0.2) is 23.1 Å². The molecule has 0 saturated carbocycles. The number of nitro groups is 1. The molecule has 0 heterocycles. The van der Waals surface area contributed by atoms with Crippen LogP contribution in [0.4, 0.5) is 11.4 Å². The van der Waals surface area contributed by atoms with Crippen LogP contribution in [0.3, 0.4) is 0 Å². The third-order valence-corrected chi connectivity index (χ3v) is 4.59. The second-order valence-electron chi connectivity index (χ2n) is 4.16. The number of rotatable bonds is 6. The van der Waals surface area contributed by atoms with E-state index < -0.39 is 20.6 Å². The van der Waals surface area contributed by atoms with Gasteiger partial charge in [0.25, 0.3) is 5.69 Å². The average Bonchev–Trinajstić information content (AvgIpc) is 2.35. The molecule has 0 spiro atoms. The van der Waals surface area contributed by atoms with Crippen LogP contribution in [-0.4, -0.2) is 31.2 Å². The van der Waals surface area contributed by atoms with E-state index in [1.165, 1.54) is 23.5 Å². The van der Waals surface area contributed by atoms with Gasteiger partial charge in [-0.25, -0.2) is 12.7 Å². The Bertz CT molecular complexity index is 571. The number of nitro benzene ring substituents is 1. The fourth-order valence-corrected chi connectivity index (χ4v) is 2.75. The van der Waals surface area contributed by atoms with E-state index in [0.717, 1.165) is 18.9 Å². The molecule has 0 radical (unpaired) electrons. The van der Waals surface area contributed by atoms with Gasteiger partial charge in [-0.15, -0.1) is 0 Å². The number of unbranched alkanes of at least 4 members (excludes halogenated alkanes) is 1. The van der Waals surface area contributed by atoms with E-state index in [4.69, 9.17) is 5.73 Å². The fourth-order valence-electron chi connectivity index (χ4n) is 1.52. The molecule has 0 aliphatic carbocycles. The van der Waals surface area contributed by atoms with Gasteiger partial charge < -0.3 is 5.73 Å². The molecule has 1 rings (SSSR count). The molecular weight excluding hydrogens is 270 g/mol. The summed E-state index contributed by atoms with van der Waals surface area (Å²) in [5, 5.41) is 10.8. The van der Waals surface area contributed by atoms with Crippen molar-refractivity contribution in [1.29, 1.82) is 0 Å². The van der Waals surface area contributed by atoms with E-state index in [9.17, 15) is 18.5 Å². The van der Waals surface area contributed by atoms with Crippen molar-refractivity contribution in [3.8, 4) is 0 Å². The Labute approximate surface area is 112 Å². The third-order valence-electron chi connectivity index (χ3n) is 2.73. The molecule has 7 nitrogen and oxygen atoms in total. The zero-order valence-corrected chi connectivity index (χ0v) is 11.7. The first kappa shape index (κ1) is 15.4. The second kappa shape index (κ2) is 5.98. The van der Waals surface area contributed by atoms with Gasteiger partial charge in [-0.3, -0.25) is 10.1 Å². The minimum Gasteiger partial charge on any atom is -0.393 e. The van der Waals surface area contributed by atoms with Crippen molar-refractivity contribution in [2.24, 2.45) is 0 Å². The maximum atomic E-state index is 12.2. The summed E-state index contributed by atoms with van der Waals surface area (Å²) in [6, 6.07) is 3.51. The van der Waals surface area contributed by atoms with Gasteiger partial charge in [0.2, 0.25) is 10.0 Å². The summed E-state index contributed by atoms with van der Waals surface area (Å²) in [6.07, 6.45) is 1.59. The number of anilines is 1. The van der Waals surface area contributed by atoms with E-state index in [1.54, 1.807) is 0 Å². The van der Waals surface area contributed by atoms with Crippen molar-refractivity contribution in [1.82, 2.24) is 4.31 Å². The summed E-state index contributed by atoms with van der Waals surface area (Å²) < 4.78 is 25.6. The lowest BCUT2D eigenvalue weighted by Gasteiger charge is -2.16. The summed E-state index contributed by atoms with van der Waals surface area (Å²) >= 11 is 0. The highest BCUT2D eigenvalue weighted by molar-refractivity contribution is 7.89. The fraction of sp³-hybridized carbons (Fsp3) is 0.455. The SMILES string of the molecule is CCCCN(C)S(=O)(=O)c1ccc(N)c([N+](=O)[O-])c1. The molecule has 1 aromatic carbocycles. The Morgan fingerprint density at radius 2 is 2.05 bits per heavy atom. The predicted octanol–water partition coefficient (Wildman–Crippen LogP) is 1.60. The topological polar surface area (TPSA) is 107 Å². The maximum Gasteiger partial charge on any atom is 0.293 e. The maximum absolute atomic E-state index is 12.2. The molecule has 0 fully saturated rings. The molecule has 106 valence electrons. The first-order valence-corrected chi connectivity index (χ1v) is 7.25. The number of sulfonamides is 1. The summed E-state index contributed by atoms with van der Waals surface area (Å²) in [7, 11) is -2.26. The molecular formula is C11H17N3O4S. The van der Waals surface area contributed by atoms with E-state index >= 15 is 0 Å². The standard InChI is InChI=1S/C11H17N3O4S/c1-3-4-7-13(2)19(17,18)9-5-6-10(12)11(8-9)14(15)16/h5-6,8H,3-4,7,12H2,1-2H3. The Morgan fingerprint density at radius 1 is 1.42 bits per heavy atom. The second-order valence-corrected chi connectivity index (χ2v) is 6.20. The molecule has 2 N–H and O–H groups in total. The molecule has 1 aromatic rings. The quantitative estimate of drug-likeness (QED) is 0.486. The number of nitrogens with two attached hydrogens (primary N) is 1. The molecule has 0 aliphatic rings. The van der Waals surface area contributed by atoms with Gasteiger partial charge in [0.05, 0.1) is 9.82 Å². The molecule has 0 unspecified atom stereocenters. The lowest BCUT2D eigenvalue weighted by molar-refractivity contribution is -0.384. The number of benzene rings is 1. The van der Waals surface area contributed by atoms with Gasteiger partial charge in [0.1, 0.15) is 5.69 Å². The van der Waals surface area contributed by atoms with Crippen molar-refractivity contribution >= 4 is 21.4 Å². The van der Waals surface area contributed by atoms with Crippen LogP contribution in [0.2, 0.25) is 0 Å². The first-order valence-electron chi connectivity index (χ1n) is 5.81. The Hall–Kier alpha value is -1.67. The van der Waals surface area contributed by atoms with Crippen LogP contribution in [-0.2, 0) is 10.0 Å². The van der Waals surface area contributed by atoms with E-state index in [1.807, 2.05) is 6.92 Å². The Balaban J connectivity index is 3.15. The highest BCUT2D eigenvalue weighted by Gasteiger charge is 2.23. The molecule has 19 heavy (non-hydrogen) atoms. The van der Waals surface area contributed by atoms with Crippen LogP contribution in [0.25, 0.3) is 0 Å². The Kier molecular flexibility index (Phi) is 4.84. The van der Waals surface area contributed by atoms with E-state index in [0.29, 0.717) is 6.54 Å². The normalized spacial score (nSPS) is 11.7. The molecule has 0 amide bonds. The van der Waals surface area contributed by atoms with Gasteiger partial charge in [0.15, 0.2) is 0 Å². The minimum atomic E-state index is -3.71. The lowest BCUT2D eigenvalue weighted by atomic mass is 10.3. The zero-order valence-electron chi connectivity index (χ0n) is 10.9. The molecule has 0 atom stereocenters. The molecule has 0 aromatic heterocycles. The Morgan fingerprint density at radius 3 is 2.58 bits per heavy atom. The van der Waals surface area contributed by atoms with Gasteiger partial charge in [0, 0.05) is 19.7 Å². The van der Waals surface area contributed by atoms with Gasteiger partial charge in [-0.2, -0.15) is 0 Å². The predicted molar refractivity (Wildman–Crippen MR) is 72.2 cm³/mol. The van der Waals surface area contributed by atoms with Crippen LogP contribution in [0.1, 0.15) is 19.8 Å². The first-order chi connectivity index (χ1) is 8.80. The largest absolute Gasteiger partial charge is 0.393 e. The van der Waals surface area contributed by atoms with E-state index in [-0.39, 0.29) is 10.6 Å². The summed E-state index contributed by atoms with van der Waals surface area (Å²) in [4.78, 5) is 9.95. The molecule has 0 saturated heterocycles. The number of nitrogens with zero attached hydrogens (tertiary/aromatic N) is 2. The van der Waals surface area contributed by atoms with Gasteiger partial charge >= 0.3 is 0 Å². The van der Waals surface area contributed by atoms with Gasteiger partial charge in [-0.05, 0) is 18.6 Å². The van der Waals surface area contributed by atoms with Crippen molar-refractivity contribution < 1.29 is 13.3 Å².